The number of nitrogens with zero attached hydrogens (tertiary/aromatic N) is 2. The molecule has 1 aromatic rings. The number of aromatic nitrogens is 2. The van der Waals surface area contributed by atoms with E-state index < -0.39 is 36.9 Å². The first-order valence-corrected chi connectivity index (χ1v) is 6.74. The zero-order valence-electron chi connectivity index (χ0n) is 11.9. The van der Waals surface area contributed by atoms with Crippen molar-refractivity contribution in [3.63, 3.8) is 0 Å². The van der Waals surface area contributed by atoms with E-state index in [1.807, 2.05) is 0 Å². The Hall–Kier alpha value is -1.50. The third-order valence-electron chi connectivity index (χ3n) is 2.96. The van der Waals surface area contributed by atoms with Crippen molar-refractivity contribution < 1.29 is 22.7 Å². The summed E-state index contributed by atoms with van der Waals surface area (Å²) in [6.45, 7) is 4.71. The maximum Gasteiger partial charge on any atom is 0.330 e. The normalized spacial score (nSPS) is 12.1. The van der Waals surface area contributed by atoms with Gasteiger partial charge in [-0.15, -0.1) is 0 Å². The lowest BCUT2D eigenvalue weighted by Crippen LogP contribution is -2.23. The highest BCUT2D eigenvalue weighted by atomic mass is 35.5. The highest BCUT2D eigenvalue weighted by molar-refractivity contribution is 6.31. The summed E-state index contributed by atoms with van der Waals surface area (Å²) >= 11 is 6.01. The Labute approximate surface area is 125 Å². The maximum atomic E-state index is 12.6. The lowest BCUT2D eigenvalue weighted by atomic mass is 10.2. The fourth-order valence-electron chi connectivity index (χ4n) is 1.82. The molecule has 1 aromatic heterocycles. The molecule has 0 saturated heterocycles. The van der Waals surface area contributed by atoms with Crippen molar-refractivity contribution in [1.29, 1.82) is 0 Å². The molecule has 0 aliphatic rings. The minimum absolute atomic E-state index is 0.382. The molecule has 1 rings (SSSR count). The number of hydrogen-bond donors (Lipinski definition) is 0. The summed E-state index contributed by atoms with van der Waals surface area (Å²) in [6, 6.07) is -0.724. The number of carbonyl (C=O) groups is 1. The van der Waals surface area contributed by atoms with Gasteiger partial charge in [-0.3, -0.25) is 4.68 Å². The molecule has 1 unspecified atom stereocenters. The van der Waals surface area contributed by atoms with Crippen LogP contribution in [0, 0.1) is 13.8 Å². The lowest BCUT2D eigenvalue weighted by Gasteiger charge is -2.16. The molecule has 0 aliphatic carbocycles. The van der Waals surface area contributed by atoms with Crippen LogP contribution in [0.1, 0.15) is 37.2 Å². The van der Waals surface area contributed by atoms with E-state index in [2.05, 4.69) is 5.10 Å². The Morgan fingerprint density at radius 1 is 1.38 bits per heavy atom. The fourth-order valence-corrected chi connectivity index (χ4v) is 1.94. The van der Waals surface area contributed by atoms with Gasteiger partial charge in [0.25, 0.3) is 0 Å². The Kier molecular flexibility index (Phi) is 6.26. The number of aryl methyl sites for hydroxylation is 1. The highest BCUT2D eigenvalue weighted by Gasteiger charge is 2.24. The molecule has 0 N–H and O–H groups in total. The Balaban J connectivity index is 2.74. The van der Waals surface area contributed by atoms with Crippen LogP contribution in [0.25, 0.3) is 0 Å². The topological polar surface area (TPSA) is 44.1 Å². The summed E-state index contributed by atoms with van der Waals surface area (Å²) < 4.78 is 42.6. The molecule has 0 radical (unpaired) electrons. The van der Waals surface area contributed by atoms with E-state index in [0.29, 0.717) is 22.8 Å². The van der Waals surface area contributed by atoms with Crippen LogP contribution in [0.2, 0.25) is 5.02 Å². The smallest absolute Gasteiger partial charge is 0.330 e. The van der Waals surface area contributed by atoms with Gasteiger partial charge in [-0.1, -0.05) is 18.5 Å². The summed E-state index contributed by atoms with van der Waals surface area (Å²) in [5.74, 6) is -2.24. The fraction of sp³-hybridized carbons (Fsp3) is 0.538. The van der Waals surface area contributed by atoms with Gasteiger partial charge in [0.1, 0.15) is 6.04 Å². The van der Waals surface area contributed by atoms with Gasteiger partial charge in [-0.05, 0) is 20.3 Å². The van der Waals surface area contributed by atoms with Gasteiger partial charge in [-0.2, -0.15) is 13.9 Å². The first kappa shape index (κ1) is 17.6. The van der Waals surface area contributed by atoms with Gasteiger partial charge in [-0.25, -0.2) is 9.18 Å². The SMILES string of the molecule is CCC(C(=O)OCCC(F)=C(F)F)n1nc(C)c(Cl)c1C. The van der Waals surface area contributed by atoms with Crippen LogP contribution in [0.3, 0.4) is 0 Å². The van der Waals surface area contributed by atoms with Crippen LogP contribution in [0.15, 0.2) is 11.9 Å². The summed E-state index contributed by atoms with van der Waals surface area (Å²) in [6.07, 6.45) is -2.67. The number of ether oxygens (including phenoxy) is 1. The third kappa shape index (κ3) is 4.23. The summed E-state index contributed by atoms with van der Waals surface area (Å²) in [7, 11) is 0. The van der Waals surface area contributed by atoms with E-state index in [9.17, 15) is 18.0 Å². The van der Waals surface area contributed by atoms with Gasteiger partial charge in [0.2, 0.25) is 0 Å². The summed E-state index contributed by atoms with van der Waals surface area (Å²) in [5, 5.41) is 4.61. The number of carbonyl (C=O) groups excluding carboxylic acids is 1. The second kappa shape index (κ2) is 7.49. The van der Waals surface area contributed by atoms with Crippen molar-refractivity contribution in [2.75, 3.05) is 6.61 Å². The monoisotopic (exact) mass is 324 g/mol. The van der Waals surface area contributed by atoms with Gasteiger partial charge < -0.3 is 4.74 Å². The molecule has 0 aliphatic heterocycles. The molecular weight excluding hydrogens is 309 g/mol. The second-order valence-electron chi connectivity index (χ2n) is 4.44. The quantitative estimate of drug-likeness (QED) is 0.739. The average molecular weight is 325 g/mol. The van der Waals surface area contributed by atoms with Crippen molar-refractivity contribution in [3.8, 4) is 0 Å². The molecule has 0 amide bonds. The predicted molar refractivity (Wildman–Crippen MR) is 72.0 cm³/mol. The van der Waals surface area contributed by atoms with Crippen molar-refractivity contribution in [2.45, 2.75) is 39.7 Å². The largest absolute Gasteiger partial charge is 0.464 e. The molecule has 0 bridgehead atoms. The first-order valence-electron chi connectivity index (χ1n) is 6.37. The van der Waals surface area contributed by atoms with E-state index in [-0.39, 0.29) is 0 Å². The maximum absolute atomic E-state index is 12.6. The standard InChI is InChI=1S/C13H16ClF3N2O2/c1-4-10(19-8(3)11(14)7(2)18-19)13(20)21-6-5-9(15)12(16)17/h10H,4-6H2,1-3H3. The molecule has 0 aromatic carbocycles. The third-order valence-corrected chi connectivity index (χ3v) is 3.51. The molecule has 0 fully saturated rings. The summed E-state index contributed by atoms with van der Waals surface area (Å²) in [4.78, 5) is 11.9. The zero-order chi connectivity index (χ0) is 16.2. The number of halogens is 4. The lowest BCUT2D eigenvalue weighted by molar-refractivity contribution is -0.148. The number of rotatable bonds is 6. The van der Waals surface area contributed by atoms with Crippen LogP contribution in [-0.2, 0) is 9.53 Å². The minimum Gasteiger partial charge on any atom is -0.464 e. The van der Waals surface area contributed by atoms with E-state index >= 15 is 0 Å². The van der Waals surface area contributed by atoms with Crippen LogP contribution < -0.4 is 0 Å². The van der Waals surface area contributed by atoms with E-state index in [0.717, 1.165) is 0 Å². The van der Waals surface area contributed by atoms with Crippen molar-refractivity contribution in [2.24, 2.45) is 0 Å². The Morgan fingerprint density at radius 2 is 2.00 bits per heavy atom. The van der Waals surface area contributed by atoms with E-state index in [1.54, 1.807) is 20.8 Å². The van der Waals surface area contributed by atoms with Crippen LogP contribution in [0.4, 0.5) is 13.2 Å². The highest BCUT2D eigenvalue weighted by Crippen LogP contribution is 2.24. The van der Waals surface area contributed by atoms with E-state index in [1.165, 1.54) is 4.68 Å². The van der Waals surface area contributed by atoms with Gasteiger partial charge in [0, 0.05) is 6.42 Å². The van der Waals surface area contributed by atoms with Crippen LogP contribution in [-0.4, -0.2) is 22.4 Å². The molecule has 4 nitrogen and oxygen atoms in total. The van der Waals surface area contributed by atoms with Crippen LogP contribution >= 0.6 is 11.6 Å². The second-order valence-corrected chi connectivity index (χ2v) is 4.81. The molecule has 0 saturated carbocycles. The summed E-state index contributed by atoms with van der Waals surface area (Å²) in [5.41, 5.74) is 1.19. The molecule has 8 heteroatoms. The Bertz CT molecular complexity index is 554. The molecule has 1 heterocycles. The van der Waals surface area contributed by atoms with Gasteiger partial charge in [0.15, 0.2) is 5.83 Å². The number of esters is 1. The van der Waals surface area contributed by atoms with E-state index in [4.69, 9.17) is 16.3 Å². The molecule has 118 valence electrons. The minimum atomic E-state index is -2.40. The molecule has 0 spiro atoms. The number of hydrogen-bond acceptors (Lipinski definition) is 3. The van der Waals surface area contributed by atoms with Crippen molar-refractivity contribution in [3.05, 3.63) is 28.3 Å². The Morgan fingerprint density at radius 3 is 2.43 bits per heavy atom. The average Bonchev–Trinajstić information content (AvgIpc) is 2.67. The zero-order valence-corrected chi connectivity index (χ0v) is 12.7. The van der Waals surface area contributed by atoms with Gasteiger partial charge in [0.05, 0.1) is 23.0 Å². The predicted octanol–water partition coefficient (Wildman–Crippen LogP) is 4.12. The van der Waals surface area contributed by atoms with Crippen molar-refractivity contribution in [1.82, 2.24) is 9.78 Å². The first-order chi connectivity index (χ1) is 9.79. The molecule has 21 heavy (non-hydrogen) atoms. The van der Waals surface area contributed by atoms with Crippen LogP contribution in [0.5, 0.6) is 0 Å². The van der Waals surface area contributed by atoms with Crippen molar-refractivity contribution >= 4 is 17.6 Å². The van der Waals surface area contributed by atoms with Gasteiger partial charge >= 0.3 is 12.0 Å². The molecule has 1 atom stereocenters. The molecular formula is C13H16ClF3N2O2.